The predicted molar refractivity (Wildman–Crippen MR) is 68.9 cm³/mol. The second-order valence-electron chi connectivity index (χ2n) is 5.35. The van der Waals surface area contributed by atoms with Gasteiger partial charge in [0.1, 0.15) is 0 Å². The largest absolute Gasteiger partial charge is 0.440 e. The molecule has 2 fully saturated rings. The molecule has 0 saturated carbocycles. The van der Waals surface area contributed by atoms with Crippen molar-refractivity contribution in [1.29, 1.82) is 0 Å². The smallest absolute Gasteiger partial charge is 0.289 e. The zero-order valence-corrected chi connectivity index (χ0v) is 11.2. The highest BCUT2D eigenvalue weighted by Gasteiger charge is 2.41. The highest BCUT2D eigenvalue weighted by atomic mass is 35.5. The van der Waals surface area contributed by atoms with Crippen LogP contribution in [0.1, 0.15) is 29.8 Å². The Bertz CT molecular complexity index is 518. The van der Waals surface area contributed by atoms with Crippen molar-refractivity contribution >= 4 is 23.4 Å². The first kappa shape index (κ1) is 12.5. The molecule has 1 spiro atoms. The molecule has 1 N–H and O–H groups in total. The van der Waals surface area contributed by atoms with E-state index in [0.717, 1.165) is 19.4 Å². The van der Waals surface area contributed by atoms with Crippen LogP contribution in [0.5, 0.6) is 0 Å². The van der Waals surface area contributed by atoms with Gasteiger partial charge in [0, 0.05) is 26.1 Å². The van der Waals surface area contributed by atoms with Gasteiger partial charge in [-0.05, 0) is 42.0 Å². The number of nitrogens with zero attached hydrogens (tertiary/aromatic N) is 1. The van der Waals surface area contributed by atoms with E-state index < -0.39 is 0 Å². The van der Waals surface area contributed by atoms with E-state index in [0.29, 0.717) is 19.5 Å². The molecule has 5 nitrogen and oxygen atoms in total. The molecule has 3 heterocycles. The third-order valence-corrected chi connectivity index (χ3v) is 4.29. The Morgan fingerprint density at radius 3 is 2.63 bits per heavy atom. The highest BCUT2D eigenvalue weighted by molar-refractivity contribution is 6.29. The van der Waals surface area contributed by atoms with Crippen LogP contribution in [-0.2, 0) is 4.79 Å². The second kappa shape index (κ2) is 4.56. The average molecular weight is 283 g/mol. The van der Waals surface area contributed by atoms with Crippen LogP contribution in [0.25, 0.3) is 0 Å². The molecule has 0 radical (unpaired) electrons. The Labute approximate surface area is 115 Å². The van der Waals surface area contributed by atoms with E-state index in [9.17, 15) is 9.59 Å². The van der Waals surface area contributed by atoms with Gasteiger partial charge in [-0.15, -0.1) is 0 Å². The van der Waals surface area contributed by atoms with Crippen molar-refractivity contribution in [3.63, 3.8) is 0 Å². The van der Waals surface area contributed by atoms with E-state index in [4.69, 9.17) is 16.0 Å². The molecule has 0 bridgehead atoms. The summed E-state index contributed by atoms with van der Waals surface area (Å²) in [6.07, 6.45) is 2.29. The number of hydrogen-bond acceptors (Lipinski definition) is 3. The molecule has 102 valence electrons. The first-order valence-corrected chi connectivity index (χ1v) is 6.77. The number of hydrogen-bond donors (Lipinski definition) is 1. The zero-order valence-electron chi connectivity index (χ0n) is 10.4. The maximum Gasteiger partial charge on any atom is 0.289 e. The summed E-state index contributed by atoms with van der Waals surface area (Å²) in [5, 5.41) is 3.11. The SMILES string of the molecule is O=C1CC2(CCN(C(=O)c3ccc(Cl)o3)CC2)CN1. The Balaban J connectivity index is 1.64. The van der Waals surface area contributed by atoms with E-state index in [2.05, 4.69) is 5.32 Å². The van der Waals surface area contributed by atoms with Crippen LogP contribution in [0, 0.1) is 5.41 Å². The number of likely N-dealkylation sites (tertiary alicyclic amines) is 1. The number of piperidine rings is 1. The lowest BCUT2D eigenvalue weighted by Gasteiger charge is -2.37. The van der Waals surface area contributed by atoms with Gasteiger partial charge in [0.2, 0.25) is 5.91 Å². The summed E-state index contributed by atoms with van der Waals surface area (Å²) >= 11 is 5.67. The highest BCUT2D eigenvalue weighted by Crippen LogP contribution is 2.37. The summed E-state index contributed by atoms with van der Waals surface area (Å²) in [5.41, 5.74) is 0.0503. The van der Waals surface area contributed by atoms with Crippen molar-refractivity contribution in [2.45, 2.75) is 19.3 Å². The molecule has 1 aromatic heterocycles. The number of rotatable bonds is 1. The molecule has 3 rings (SSSR count). The molecular weight excluding hydrogens is 268 g/mol. The summed E-state index contributed by atoms with van der Waals surface area (Å²) in [6.45, 7) is 2.05. The standard InChI is InChI=1S/C13H15ClN2O3/c14-10-2-1-9(19-10)12(18)16-5-3-13(4-6-16)7-11(17)15-8-13/h1-2H,3-8H2,(H,15,17). The summed E-state index contributed by atoms with van der Waals surface area (Å²) in [6, 6.07) is 3.16. The van der Waals surface area contributed by atoms with E-state index in [1.54, 1.807) is 17.0 Å². The lowest BCUT2D eigenvalue weighted by molar-refractivity contribution is -0.119. The minimum absolute atomic E-state index is 0.0503. The van der Waals surface area contributed by atoms with Crippen LogP contribution in [-0.4, -0.2) is 36.3 Å². The van der Waals surface area contributed by atoms with Crippen molar-refractivity contribution in [1.82, 2.24) is 10.2 Å². The molecule has 2 aliphatic heterocycles. The lowest BCUT2D eigenvalue weighted by Crippen LogP contribution is -2.43. The van der Waals surface area contributed by atoms with Gasteiger partial charge in [-0.3, -0.25) is 9.59 Å². The lowest BCUT2D eigenvalue weighted by atomic mass is 9.77. The van der Waals surface area contributed by atoms with Crippen molar-refractivity contribution in [3.05, 3.63) is 23.1 Å². The summed E-state index contributed by atoms with van der Waals surface area (Å²) in [7, 11) is 0. The summed E-state index contributed by atoms with van der Waals surface area (Å²) < 4.78 is 5.14. The van der Waals surface area contributed by atoms with Gasteiger partial charge in [0.15, 0.2) is 11.0 Å². The quantitative estimate of drug-likeness (QED) is 0.852. The summed E-state index contributed by atoms with van der Waals surface area (Å²) in [5.74, 6) is 0.276. The molecule has 0 aliphatic carbocycles. The Hall–Kier alpha value is -1.49. The first-order chi connectivity index (χ1) is 9.08. The van der Waals surface area contributed by atoms with Crippen LogP contribution in [0.3, 0.4) is 0 Å². The maximum absolute atomic E-state index is 12.2. The molecule has 2 aliphatic rings. The molecule has 19 heavy (non-hydrogen) atoms. The average Bonchev–Trinajstić information content (AvgIpc) is 2.97. The third kappa shape index (κ3) is 2.34. The van der Waals surface area contributed by atoms with Crippen molar-refractivity contribution < 1.29 is 14.0 Å². The van der Waals surface area contributed by atoms with Gasteiger partial charge in [0.05, 0.1) is 0 Å². The zero-order chi connectivity index (χ0) is 13.5. The van der Waals surface area contributed by atoms with E-state index in [-0.39, 0.29) is 28.2 Å². The molecule has 6 heteroatoms. The van der Waals surface area contributed by atoms with Gasteiger partial charge in [0.25, 0.3) is 5.91 Å². The van der Waals surface area contributed by atoms with Gasteiger partial charge >= 0.3 is 0 Å². The topological polar surface area (TPSA) is 62.6 Å². The normalized spacial score (nSPS) is 21.7. The first-order valence-electron chi connectivity index (χ1n) is 6.39. The van der Waals surface area contributed by atoms with Gasteiger partial charge in [-0.25, -0.2) is 0 Å². The van der Waals surface area contributed by atoms with Gasteiger partial charge < -0.3 is 14.6 Å². The number of halogens is 1. The van der Waals surface area contributed by atoms with Crippen molar-refractivity contribution in [2.24, 2.45) is 5.41 Å². The van der Waals surface area contributed by atoms with Crippen LogP contribution < -0.4 is 5.32 Å². The molecule has 2 saturated heterocycles. The minimum Gasteiger partial charge on any atom is -0.440 e. The molecule has 2 amide bonds. The minimum atomic E-state index is -0.126. The monoisotopic (exact) mass is 282 g/mol. The Morgan fingerprint density at radius 1 is 1.37 bits per heavy atom. The third-order valence-electron chi connectivity index (χ3n) is 4.09. The van der Waals surface area contributed by atoms with Gasteiger partial charge in [-0.2, -0.15) is 0 Å². The summed E-state index contributed by atoms with van der Waals surface area (Å²) in [4.78, 5) is 25.3. The number of amides is 2. The molecule has 0 unspecified atom stereocenters. The fraction of sp³-hybridized carbons (Fsp3) is 0.538. The van der Waals surface area contributed by atoms with Crippen LogP contribution in [0.15, 0.2) is 16.5 Å². The molecule has 0 aromatic carbocycles. The Morgan fingerprint density at radius 2 is 2.11 bits per heavy atom. The van der Waals surface area contributed by atoms with E-state index in [1.165, 1.54) is 0 Å². The van der Waals surface area contributed by atoms with Crippen molar-refractivity contribution in [3.8, 4) is 0 Å². The Kier molecular flexibility index (Phi) is 3.01. The fourth-order valence-electron chi connectivity index (χ4n) is 2.87. The number of nitrogens with one attached hydrogen (secondary N) is 1. The van der Waals surface area contributed by atoms with Crippen LogP contribution in [0.2, 0.25) is 5.22 Å². The van der Waals surface area contributed by atoms with Crippen LogP contribution >= 0.6 is 11.6 Å². The van der Waals surface area contributed by atoms with Crippen LogP contribution in [0.4, 0.5) is 0 Å². The number of furan rings is 1. The second-order valence-corrected chi connectivity index (χ2v) is 5.72. The number of carbonyl (C=O) groups is 2. The van der Waals surface area contributed by atoms with Crippen molar-refractivity contribution in [2.75, 3.05) is 19.6 Å². The maximum atomic E-state index is 12.2. The fourth-order valence-corrected chi connectivity index (χ4v) is 3.02. The predicted octanol–water partition coefficient (Wildman–Crippen LogP) is 1.68. The number of carbonyl (C=O) groups excluding carboxylic acids is 2. The molecule has 1 aromatic rings. The van der Waals surface area contributed by atoms with E-state index in [1.807, 2.05) is 0 Å². The van der Waals surface area contributed by atoms with E-state index >= 15 is 0 Å². The molecular formula is C13H15ClN2O3. The van der Waals surface area contributed by atoms with Gasteiger partial charge in [-0.1, -0.05) is 0 Å². The molecule has 0 atom stereocenters.